The molecule has 1 aromatic rings. The number of nitrogens with one attached hydrogen (secondary N) is 1. The van der Waals surface area contributed by atoms with Crippen molar-refractivity contribution < 1.29 is 4.42 Å². The number of rotatable bonds is 4. The van der Waals surface area contributed by atoms with Gasteiger partial charge in [0.15, 0.2) is 0 Å². The summed E-state index contributed by atoms with van der Waals surface area (Å²) in [5.41, 5.74) is 7.39. The van der Waals surface area contributed by atoms with E-state index in [4.69, 9.17) is 10.2 Å². The van der Waals surface area contributed by atoms with E-state index in [1.165, 1.54) is 37.7 Å². The van der Waals surface area contributed by atoms with Crippen molar-refractivity contribution >= 4 is 0 Å². The van der Waals surface area contributed by atoms with Crippen LogP contribution in [0.4, 0.5) is 0 Å². The van der Waals surface area contributed by atoms with Gasteiger partial charge >= 0.3 is 0 Å². The zero-order valence-electron chi connectivity index (χ0n) is 9.82. The maximum Gasteiger partial charge on any atom is 0.0947 e. The van der Waals surface area contributed by atoms with Gasteiger partial charge in [-0.2, -0.15) is 0 Å². The fourth-order valence-electron chi connectivity index (χ4n) is 2.46. The molecule has 0 amide bonds. The Hall–Kier alpha value is -0.800. The highest BCUT2D eigenvalue weighted by Crippen LogP contribution is 2.21. The highest BCUT2D eigenvalue weighted by atomic mass is 16.3. The molecule has 90 valence electrons. The molecule has 0 spiro atoms. The summed E-state index contributed by atoms with van der Waals surface area (Å²) in [6.07, 6.45) is 9.98. The first-order chi connectivity index (χ1) is 7.86. The molecule has 1 aromatic heterocycles. The van der Waals surface area contributed by atoms with Crippen LogP contribution < -0.4 is 11.1 Å². The molecule has 1 saturated carbocycles. The molecular formula is C13H22N2O. The molecule has 2 atom stereocenters. The molecule has 1 heterocycles. The Morgan fingerprint density at radius 2 is 2.19 bits per heavy atom. The van der Waals surface area contributed by atoms with Crippen molar-refractivity contribution in [3.05, 3.63) is 24.2 Å². The van der Waals surface area contributed by atoms with E-state index in [-0.39, 0.29) is 0 Å². The van der Waals surface area contributed by atoms with Gasteiger partial charge in [0, 0.05) is 18.2 Å². The van der Waals surface area contributed by atoms with E-state index in [0.29, 0.717) is 12.0 Å². The molecular weight excluding hydrogens is 200 g/mol. The lowest BCUT2D eigenvalue weighted by atomic mass is 9.95. The minimum absolute atomic E-state index is 0.388. The van der Waals surface area contributed by atoms with E-state index < -0.39 is 0 Å². The monoisotopic (exact) mass is 222 g/mol. The Morgan fingerprint density at radius 3 is 3.00 bits per heavy atom. The summed E-state index contributed by atoms with van der Waals surface area (Å²) < 4.78 is 5.03. The van der Waals surface area contributed by atoms with Gasteiger partial charge in [-0.1, -0.05) is 19.3 Å². The quantitative estimate of drug-likeness (QED) is 0.768. The van der Waals surface area contributed by atoms with Gasteiger partial charge in [-0.25, -0.2) is 0 Å². The van der Waals surface area contributed by atoms with Gasteiger partial charge in [-0.15, -0.1) is 0 Å². The first-order valence-corrected chi connectivity index (χ1v) is 6.33. The van der Waals surface area contributed by atoms with Crippen molar-refractivity contribution in [2.24, 2.45) is 11.7 Å². The van der Waals surface area contributed by atoms with Crippen LogP contribution in [0.2, 0.25) is 0 Å². The van der Waals surface area contributed by atoms with Gasteiger partial charge in [0.25, 0.3) is 0 Å². The van der Waals surface area contributed by atoms with Crippen LogP contribution in [-0.4, -0.2) is 12.6 Å². The highest BCUT2D eigenvalue weighted by molar-refractivity contribution is 5.04. The summed E-state index contributed by atoms with van der Waals surface area (Å²) in [7, 11) is 0. The second kappa shape index (κ2) is 6.06. The van der Waals surface area contributed by atoms with E-state index in [2.05, 4.69) is 5.32 Å². The predicted octanol–water partition coefficient (Wildman–Crippen LogP) is 2.28. The number of furan rings is 1. The summed E-state index contributed by atoms with van der Waals surface area (Å²) in [5.74, 6) is 0.648. The Labute approximate surface area is 97.4 Å². The van der Waals surface area contributed by atoms with Gasteiger partial charge < -0.3 is 15.5 Å². The van der Waals surface area contributed by atoms with E-state index in [1.807, 2.05) is 6.07 Å². The Kier molecular flexibility index (Phi) is 4.43. The molecule has 1 aliphatic rings. The van der Waals surface area contributed by atoms with Crippen LogP contribution >= 0.6 is 0 Å². The topological polar surface area (TPSA) is 51.2 Å². The minimum atomic E-state index is 0.388. The molecule has 0 saturated heterocycles. The lowest BCUT2D eigenvalue weighted by Gasteiger charge is -2.21. The van der Waals surface area contributed by atoms with Crippen molar-refractivity contribution in [1.29, 1.82) is 0 Å². The van der Waals surface area contributed by atoms with Crippen LogP contribution in [0.25, 0.3) is 0 Å². The molecule has 0 bridgehead atoms. The third-order valence-corrected chi connectivity index (χ3v) is 3.53. The Balaban J connectivity index is 1.71. The molecule has 0 radical (unpaired) electrons. The molecule has 3 nitrogen and oxygen atoms in total. The summed E-state index contributed by atoms with van der Waals surface area (Å²) in [6.45, 7) is 1.92. The van der Waals surface area contributed by atoms with Crippen molar-refractivity contribution in [3.63, 3.8) is 0 Å². The van der Waals surface area contributed by atoms with Crippen LogP contribution in [0.15, 0.2) is 23.0 Å². The zero-order valence-corrected chi connectivity index (χ0v) is 9.82. The van der Waals surface area contributed by atoms with Gasteiger partial charge in [0.2, 0.25) is 0 Å². The van der Waals surface area contributed by atoms with Gasteiger partial charge in [-0.3, -0.25) is 0 Å². The van der Waals surface area contributed by atoms with Crippen LogP contribution in [0.1, 0.15) is 37.7 Å². The van der Waals surface area contributed by atoms with Crippen molar-refractivity contribution in [2.75, 3.05) is 6.54 Å². The van der Waals surface area contributed by atoms with Gasteiger partial charge in [0.05, 0.1) is 12.5 Å². The van der Waals surface area contributed by atoms with Crippen LogP contribution in [0.5, 0.6) is 0 Å². The fourth-order valence-corrected chi connectivity index (χ4v) is 2.46. The number of hydrogen-bond donors (Lipinski definition) is 2. The normalized spacial score (nSPS) is 26.6. The van der Waals surface area contributed by atoms with E-state index in [0.717, 1.165) is 13.1 Å². The SMILES string of the molecule is NC1CCCCCC1CNCc1ccoc1. The predicted molar refractivity (Wildman–Crippen MR) is 65.0 cm³/mol. The molecule has 3 N–H and O–H groups in total. The van der Waals surface area contributed by atoms with Gasteiger partial charge in [0.1, 0.15) is 0 Å². The molecule has 2 unspecified atom stereocenters. The van der Waals surface area contributed by atoms with Crippen molar-refractivity contribution in [1.82, 2.24) is 5.32 Å². The standard InChI is InChI=1S/C13H22N2O/c14-13-5-3-1-2-4-12(13)9-15-8-11-6-7-16-10-11/h6-7,10,12-13,15H,1-5,8-9,14H2. The molecule has 1 aliphatic carbocycles. The second-order valence-corrected chi connectivity index (χ2v) is 4.82. The molecule has 1 fully saturated rings. The lowest BCUT2D eigenvalue weighted by molar-refractivity contribution is 0.374. The molecule has 2 rings (SSSR count). The lowest BCUT2D eigenvalue weighted by Crippen LogP contribution is -2.36. The minimum Gasteiger partial charge on any atom is -0.472 e. The largest absolute Gasteiger partial charge is 0.472 e. The Bertz CT molecular complexity index is 284. The van der Waals surface area contributed by atoms with E-state index in [1.54, 1.807) is 12.5 Å². The van der Waals surface area contributed by atoms with Crippen molar-refractivity contribution in [2.45, 2.75) is 44.7 Å². The molecule has 0 aliphatic heterocycles. The second-order valence-electron chi connectivity index (χ2n) is 4.82. The average molecular weight is 222 g/mol. The third-order valence-electron chi connectivity index (χ3n) is 3.53. The summed E-state index contributed by atoms with van der Waals surface area (Å²) in [6, 6.07) is 2.39. The maximum atomic E-state index is 6.18. The molecule has 3 heteroatoms. The Morgan fingerprint density at radius 1 is 1.31 bits per heavy atom. The maximum absolute atomic E-state index is 6.18. The molecule has 0 aromatic carbocycles. The fraction of sp³-hybridized carbons (Fsp3) is 0.692. The van der Waals surface area contributed by atoms with E-state index >= 15 is 0 Å². The van der Waals surface area contributed by atoms with Crippen molar-refractivity contribution in [3.8, 4) is 0 Å². The van der Waals surface area contributed by atoms with E-state index in [9.17, 15) is 0 Å². The third kappa shape index (κ3) is 3.35. The summed E-state index contributed by atoms with van der Waals surface area (Å²) in [5, 5.41) is 3.48. The zero-order chi connectivity index (χ0) is 11.2. The smallest absolute Gasteiger partial charge is 0.0947 e. The highest BCUT2D eigenvalue weighted by Gasteiger charge is 2.19. The van der Waals surface area contributed by atoms with Crippen LogP contribution in [0, 0.1) is 5.92 Å². The average Bonchev–Trinajstić information content (AvgIpc) is 2.71. The first kappa shape index (κ1) is 11.7. The van der Waals surface area contributed by atoms with Crippen LogP contribution in [-0.2, 0) is 6.54 Å². The summed E-state index contributed by atoms with van der Waals surface area (Å²) in [4.78, 5) is 0. The first-order valence-electron chi connectivity index (χ1n) is 6.33. The number of hydrogen-bond acceptors (Lipinski definition) is 3. The van der Waals surface area contributed by atoms with Gasteiger partial charge in [-0.05, 0) is 31.4 Å². The molecule has 16 heavy (non-hydrogen) atoms. The summed E-state index contributed by atoms with van der Waals surface area (Å²) >= 11 is 0. The van der Waals surface area contributed by atoms with Crippen LogP contribution in [0.3, 0.4) is 0 Å². The number of nitrogens with two attached hydrogens (primary N) is 1.